The van der Waals surface area contributed by atoms with Crippen LogP contribution in [0.1, 0.15) is 40.0 Å². The molecule has 2 amide bonds. The molecule has 264 valence electrons. The second-order valence-corrected chi connectivity index (χ2v) is 14.9. The normalized spacial score (nSPS) is 47.3. The van der Waals surface area contributed by atoms with Crippen molar-refractivity contribution < 1.29 is 67.7 Å². The Labute approximate surface area is 275 Å². The van der Waals surface area contributed by atoms with Gasteiger partial charge in [0.15, 0.2) is 11.7 Å². The van der Waals surface area contributed by atoms with E-state index in [9.17, 15) is 34.5 Å². The summed E-state index contributed by atoms with van der Waals surface area (Å²) in [6.07, 6.45) is -4.51. The molecule has 16 nitrogen and oxygen atoms in total. The Morgan fingerprint density at radius 1 is 1.02 bits per heavy atom. The van der Waals surface area contributed by atoms with Crippen molar-refractivity contribution in [1.82, 2.24) is 10.6 Å². The number of carbonyl (C=O) groups excluding carboxylic acids is 4. The zero-order valence-electron chi connectivity index (χ0n) is 27.0. The van der Waals surface area contributed by atoms with Gasteiger partial charge in [-0.1, -0.05) is 20.8 Å². The van der Waals surface area contributed by atoms with Gasteiger partial charge in [0.2, 0.25) is 11.8 Å². The predicted octanol–water partition coefficient (Wildman–Crippen LogP) is -2.62. The number of aliphatic hydroxyl groups excluding tert-OH is 3. The molecule has 8 rings (SSSR count). The summed E-state index contributed by atoms with van der Waals surface area (Å²) in [6.45, 7) is 4.79. The molecule has 16 heteroatoms. The maximum Gasteiger partial charge on any atom is 0.334 e. The predicted molar refractivity (Wildman–Crippen MR) is 156 cm³/mol. The number of cyclic esters (lactones) is 1. The topological polar surface area (TPSA) is 228 Å². The number of amides is 2. The van der Waals surface area contributed by atoms with Crippen molar-refractivity contribution in [2.24, 2.45) is 17.3 Å². The quantitative estimate of drug-likeness (QED) is 0.118. The third-order valence-corrected chi connectivity index (χ3v) is 12.3. The fourth-order valence-electron chi connectivity index (χ4n) is 9.76. The third kappa shape index (κ3) is 4.30. The van der Waals surface area contributed by atoms with E-state index >= 15 is 0 Å². The number of esters is 2. The fraction of sp³-hybridized carbons (Fsp3) is 0.812. The maximum absolute atomic E-state index is 13.3. The molecule has 2 saturated carbocycles. The lowest BCUT2D eigenvalue weighted by Crippen LogP contribution is -2.70. The lowest BCUT2D eigenvalue weighted by molar-refractivity contribution is -0.199. The third-order valence-electron chi connectivity index (χ3n) is 12.3. The first kappa shape index (κ1) is 32.5. The Kier molecular flexibility index (Phi) is 7.38. The number of hydrogen-bond acceptors (Lipinski definition) is 14. The number of nitrogens with one attached hydrogen (secondary N) is 2. The summed E-state index contributed by atoms with van der Waals surface area (Å²) < 4.78 is 41.8. The van der Waals surface area contributed by atoms with E-state index < -0.39 is 84.8 Å². The van der Waals surface area contributed by atoms with E-state index in [1.165, 1.54) is 0 Å². The van der Waals surface area contributed by atoms with E-state index in [-0.39, 0.29) is 61.4 Å². The van der Waals surface area contributed by atoms with Crippen LogP contribution in [0, 0.1) is 17.3 Å². The van der Waals surface area contributed by atoms with Crippen LogP contribution in [0.15, 0.2) is 11.1 Å². The van der Waals surface area contributed by atoms with Crippen molar-refractivity contribution in [2.75, 3.05) is 39.5 Å². The van der Waals surface area contributed by atoms with Gasteiger partial charge in [0.05, 0.1) is 25.9 Å². The lowest BCUT2D eigenvalue weighted by Gasteiger charge is -2.53. The summed E-state index contributed by atoms with van der Waals surface area (Å²) in [4.78, 5) is 50.4. The van der Waals surface area contributed by atoms with Crippen LogP contribution in [0.2, 0.25) is 0 Å². The lowest BCUT2D eigenvalue weighted by atomic mass is 9.46. The van der Waals surface area contributed by atoms with Gasteiger partial charge in [-0.3, -0.25) is 14.4 Å². The van der Waals surface area contributed by atoms with Crippen LogP contribution in [-0.4, -0.2) is 144 Å². The number of carbonyl (C=O) groups is 4. The molecule has 48 heavy (non-hydrogen) atoms. The molecule has 1 unspecified atom stereocenters. The van der Waals surface area contributed by atoms with E-state index in [2.05, 4.69) is 17.6 Å². The van der Waals surface area contributed by atoms with Gasteiger partial charge in [-0.15, -0.1) is 0 Å². The molecule has 0 aromatic heterocycles. The first-order valence-electron chi connectivity index (χ1n) is 16.7. The second-order valence-electron chi connectivity index (χ2n) is 14.9. The molecular weight excluding hydrogens is 636 g/mol. The molecule has 0 aromatic rings. The van der Waals surface area contributed by atoms with Crippen LogP contribution in [-0.2, 0) is 52.3 Å². The summed E-state index contributed by atoms with van der Waals surface area (Å²) in [6, 6.07) is 0. The first-order chi connectivity index (χ1) is 22.8. The number of rotatable bonds is 10. The summed E-state index contributed by atoms with van der Waals surface area (Å²) in [5.74, 6) is -2.15. The molecule has 13 atom stereocenters. The van der Waals surface area contributed by atoms with E-state index in [1.54, 1.807) is 0 Å². The number of fused-ring (bicyclic) bond motifs is 4. The molecule has 0 radical (unpaired) electrons. The highest BCUT2D eigenvalue weighted by atomic mass is 16.8. The Morgan fingerprint density at radius 2 is 1.79 bits per heavy atom. The molecule has 5 N–H and O–H groups in total. The van der Waals surface area contributed by atoms with Crippen LogP contribution in [0.25, 0.3) is 0 Å². The Hall–Kier alpha value is -2.70. The number of epoxide rings is 3. The zero-order valence-corrected chi connectivity index (χ0v) is 27.0. The van der Waals surface area contributed by atoms with Crippen molar-refractivity contribution in [2.45, 2.75) is 106 Å². The summed E-state index contributed by atoms with van der Waals surface area (Å²) in [5, 5.41) is 34.1. The van der Waals surface area contributed by atoms with Crippen LogP contribution in [0.4, 0.5) is 0 Å². The van der Waals surface area contributed by atoms with Crippen molar-refractivity contribution in [3.63, 3.8) is 0 Å². The standard InChI is InChI=1S/C32H42N2O14/c1-13(2)30-25(47-30)26-32(48-26)29(3)5-4-14-15(9-44-27(14)41)16(29)6-19-31(32,46-19)28(30)45-22(38)8-34-20(36)7-33-21(37)12-42-11-18-24(40)23(39)17(35)10-43-18/h13,16-19,23-26,28,35,39-40H,4-12H2,1-3H3,(H,33,37)(H,34,36)/t16?,17-,18+,19-,23+,24+,25-,26-,28+,29-,30-,31+,32+/m0/s1. The first-order valence-corrected chi connectivity index (χ1v) is 16.7. The highest BCUT2D eigenvalue weighted by Gasteiger charge is 3.01. The van der Waals surface area contributed by atoms with Crippen LogP contribution < -0.4 is 10.6 Å². The largest absolute Gasteiger partial charge is 0.458 e. The second kappa shape index (κ2) is 10.9. The van der Waals surface area contributed by atoms with Crippen molar-refractivity contribution in [1.29, 1.82) is 0 Å². The minimum Gasteiger partial charge on any atom is -0.458 e. The molecule has 5 aliphatic heterocycles. The van der Waals surface area contributed by atoms with Gasteiger partial charge in [0.25, 0.3) is 0 Å². The van der Waals surface area contributed by atoms with Crippen molar-refractivity contribution >= 4 is 23.8 Å². The number of hydrogen-bond donors (Lipinski definition) is 5. The molecule has 0 bridgehead atoms. The average Bonchev–Trinajstić information content (AvgIpc) is 3.97. The van der Waals surface area contributed by atoms with Gasteiger partial charge in [-0.05, 0) is 36.7 Å². The van der Waals surface area contributed by atoms with Gasteiger partial charge in [-0.25, -0.2) is 4.79 Å². The van der Waals surface area contributed by atoms with Gasteiger partial charge in [0.1, 0.15) is 67.6 Å². The van der Waals surface area contributed by atoms with Crippen molar-refractivity contribution in [3.05, 3.63) is 11.1 Å². The molecule has 5 heterocycles. The van der Waals surface area contributed by atoms with E-state index in [0.29, 0.717) is 19.3 Å². The maximum atomic E-state index is 13.3. The van der Waals surface area contributed by atoms with E-state index in [0.717, 1.165) is 11.1 Å². The molecule has 3 aliphatic carbocycles. The van der Waals surface area contributed by atoms with Crippen molar-refractivity contribution in [3.8, 4) is 0 Å². The van der Waals surface area contributed by atoms with Crippen LogP contribution in [0.5, 0.6) is 0 Å². The molecular formula is C32H42N2O14. The fourth-order valence-corrected chi connectivity index (χ4v) is 9.76. The zero-order chi connectivity index (χ0) is 34.0. The SMILES string of the molecule is CC(C)[C@]12O[C@H]1[C@@H]1O[C@]13[C@]1(O[C@H]1CC1C4=C(CC[C@@]13C)C(=O)OC4)[C@@H]2OC(=O)CNC(=O)CNC(=O)COC[C@H]1OC[C@H](O)[C@@H](O)[C@@H]1O. The highest BCUT2D eigenvalue weighted by molar-refractivity contribution is 5.92. The smallest absolute Gasteiger partial charge is 0.334 e. The monoisotopic (exact) mass is 678 g/mol. The molecule has 4 saturated heterocycles. The van der Waals surface area contributed by atoms with Gasteiger partial charge < -0.3 is 59.1 Å². The average molecular weight is 679 g/mol. The Bertz CT molecular complexity index is 1470. The van der Waals surface area contributed by atoms with E-state index in [4.69, 9.17) is 33.2 Å². The Morgan fingerprint density at radius 3 is 2.56 bits per heavy atom. The minimum absolute atomic E-state index is 0.0228. The molecule has 8 aliphatic rings. The van der Waals surface area contributed by atoms with Crippen LogP contribution in [0.3, 0.4) is 0 Å². The summed E-state index contributed by atoms with van der Waals surface area (Å²) >= 11 is 0. The van der Waals surface area contributed by atoms with Crippen LogP contribution >= 0.6 is 0 Å². The molecule has 0 aromatic carbocycles. The summed E-state index contributed by atoms with van der Waals surface area (Å²) in [7, 11) is 0. The molecule has 6 fully saturated rings. The van der Waals surface area contributed by atoms with Gasteiger partial charge >= 0.3 is 11.9 Å². The number of aliphatic hydroxyl groups is 3. The van der Waals surface area contributed by atoms with Gasteiger partial charge in [-0.2, -0.15) is 0 Å². The van der Waals surface area contributed by atoms with E-state index in [1.807, 2.05) is 13.8 Å². The Balaban J connectivity index is 0.875. The molecule has 2 spiro atoms. The number of ether oxygens (including phenoxy) is 7. The highest BCUT2D eigenvalue weighted by Crippen LogP contribution is 2.83. The summed E-state index contributed by atoms with van der Waals surface area (Å²) in [5.41, 5.74) is -1.04. The minimum atomic E-state index is -1.39. The van der Waals surface area contributed by atoms with Gasteiger partial charge in [0, 0.05) is 11.0 Å².